The summed E-state index contributed by atoms with van der Waals surface area (Å²) in [5.74, 6) is -1.64. The van der Waals surface area contributed by atoms with Crippen molar-refractivity contribution in [2.45, 2.75) is 24.8 Å². The van der Waals surface area contributed by atoms with Crippen molar-refractivity contribution in [3.63, 3.8) is 0 Å². The van der Waals surface area contributed by atoms with E-state index in [-0.39, 0.29) is 5.56 Å². The van der Waals surface area contributed by atoms with E-state index in [1.54, 1.807) is 0 Å². The number of carbonyl (C=O) groups is 1. The van der Waals surface area contributed by atoms with E-state index in [4.69, 9.17) is 11.5 Å². The minimum Gasteiger partial charge on any atom is -0.390 e. The highest BCUT2D eigenvalue weighted by Crippen LogP contribution is 2.34. The van der Waals surface area contributed by atoms with E-state index in [2.05, 4.69) is 4.98 Å². The van der Waals surface area contributed by atoms with E-state index in [0.29, 0.717) is 6.07 Å². The second-order valence-electron chi connectivity index (χ2n) is 3.88. The number of nitrogens with two attached hydrogens (primary N) is 2. The van der Waals surface area contributed by atoms with Gasteiger partial charge in [-0.15, -0.1) is 0 Å². The van der Waals surface area contributed by atoms with Crippen LogP contribution >= 0.6 is 0 Å². The Kier molecular flexibility index (Phi) is 4.32. The Morgan fingerprint density at radius 2 is 2.00 bits per heavy atom. The molecule has 0 bridgehead atoms. The van der Waals surface area contributed by atoms with Gasteiger partial charge in [-0.25, -0.2) is 4.98 Å². The highest BCUT2D eigenvalue weighted by atomic mass is 19.4. The summed E-state index contributed by atoms with van der Waals surface area (Å²) in [6.07, 6.45) is -7.78. The van der Waals surface area contributed by atoms with Crippen LogP contribution in [0.1, 0.15) is 23.7 Å². The Morgan fingerprint density at radius 3 is 2.47 bits per heavy atom. The van der Waals surface area contributed by atoms with Crippen LogP contribution in [0.4, 0.5) is 19.0 Å². The third kappa shape index (κ3) is 3.80. The van der Waals surface area contributed by atoms with Gasteiger partial charge in [0.05, 0.1) is 18.1 Å². The molecular formula is C10H12F3N3O3. The molecule has 0 spiro atoms. The van der Waals surface area contributed by atoms with Gasteiger partial charge in [0, 0.05) is 11.8 Å². The molecule has 0 aliphatic heterocycles. The van der Waals surface area contributed by atoms with E-state index >= 15 is 0 Å². The number of primary amides is 1. The summed E-state index contributed by atoms with van der Waals surface area (Å²) in [6, 6.07) is 0.567. The van der Waals surface area contributed by atoms with Crippen LogP contribution in [-0.4, -0.2) is 27.2 Å². The number of nitrogen functional groups attached to an aromatic ring is 1. The van der Waals surface area contributed by atoms with Crippen molar-refractivity contribution in [3.05, 3.63) is 23.4 Å². The van der Waals surface area contributed by atoms with E-state index in [1.165, 1.54) is 0 Å². The van der Waals surface area contributed by atoms with Crippen LogP contribution in [0.2, 0.25) is 0 Å². The second-order valence-corrected chi connectivity index (χ2v) is 3.88. The molecule has 1 rings (SSSR count). The van der Waals surface area contributed by atoms with Gasteiger partial charge in [-0.2, -0.15) is 13.2 Å². The normalized spacial score (nSPS) is 15.0. The molecule has 0 radical (unpaired) electrons. The van der Waals surface area contributed by atoms with Crippen molar-refractivity contribution in [1.82, 2.24) is 4.98 Å². The van der Waals surface area contributed by atoms with Crippen LogP contribution in [-0.2, 0) is 11.0 Å². The van der Waals surface area contributed by atoms with E-state index in [0.717, 1.165) is 6.20 Å². The largest absolute Gasteiger partial charge is 0.419 e. The van der Waals surface area contributed by atoms with Crippen LogP contribution in [0, 0.1) is 0 Å². The molecule has 2 atom stereocenters. The van der Waals surface area contributed by atoms with E-state index in [9.17, 15) is 28.2 Å². The van der Waals surface area contributed by atoms with Gasteiger partial charge in [-0.05, 0) is 6.07 Å². The van der Waals surface area contributed by atoms with Gasteiger partial charge in [0.15, 0.2) is 0 Å². The number of nitrogens with zero attached hydrogens (tertiary/aromatic N) is 1. The molecule has 0 aromatic carbocycles. The van der Waals surface area contributed by atoms with Crippen LogP contribution in [0.25, 0.3) is 0 Å². The summed E-state index contributed by atoms with van der Waals surface area (Å²) in [4.78, 5) is 13.9. The lowest BCUT2D eigenvalue weighted by Crippen LogP contribution is -2.26. The molecule has 0 saturated carbocycles. The van der Waals surface area contributed by atoms with Crippen LogP contribution < -0.4 is 11.5 Å². The van der Waals surface area contributed by atoms with Gasteiger partial charge in [0.2, 0.25) is 5.91 Å². The molecule has 106 valence electrons. The number of rotatable bonds is 4. The number of halogens is 3. The fourth-order valence-corrected chi connectivity index (χ4v) is 1.42. The first kappa shape index (κ1) is 15.2. The molecule has 2 unspecified atom stereocenters. The molecule has 19 heavy (non-hydrogen) atoms. The molecule has 9 heteroatoms. The number of amides is 1. The Bertz CT molecular complexity index is 479. The number of hydrogen-bond donors (Lipinski definition) is 4. The highest BCUT2D eigenvalue weighted by molar-refractivity contribution is 5.74. The molecule has 1 heterocycles. The van der Waals surface area contributed by atoms with Crippen molar-refractivity contribution < 1.29 is 28.2 Å². The summed E-state index contributed by atoms with van der Waals surface area (Å²) < 4.78 is 37.7. The quantitative estimate of drug-likeness (QED) is 0.615. The van der Waals surface area contributed by atoms with Gasteiger partial charge in [0.1, 0.15) is 11.9 Å². The van der Waals surface area contributed by atoms with Crippen LogP contribution in [0.5, 0.6) is 0 Å². The first-order valence-corrected chi connectivity index (χ1v) is 5.10. The first-order valence-electron chi connectivity index (χ1n) is 5.10. The average Bonchev–Trinajstić information content (AvgIpc) is 2.26. The average molecular weight is 279 g/mol. The molecule has 0 fully saturated rings. The third-order valence-corrected chi connectivity index (χ3v) is 2.36. The minimum absolute atomic E-state index is 0.310. The summed E-state index contributed by atoms with van der Waals surface area (Å²) in [7, 11) is 0. The number of anilines is 1. The smallest absolute Gasteiger partial charge is 0.390 e. The standard InChI is InChI=1S/C10H12F3N3O3/c11-10(12,13)5-1-4(3-16-9(5)15)8(19)6(17)2-7(14)18/h1,3,6,8,17,19H,2H2,(H2,14,18)(H2,15,16). The molecule has 0 aliphatic rings. The van der Waals surface area contributed by atoms with Crippen molar-refractivity contribution in [3.8, 4) is 0 Å². The molecule has 6 N–H and O–H groups in total. The minimum atomic E-state index is -4.73. The molecular weight excluding hydrogens is 267 g/mol. The fraction of sp³-hybridized carbons (Fsp3) is 0.400. The van der Waals surface area contributed by atoms with E-state index < -0.39 is 42.1 Å². The Balaban J connectivity index is 3.05. The highest BCUT2D eigenvalue weighted by Gasteiger charge is 2.35. The number of alkyl halides is 3. The molecule has 0 saturated heterocycles. The lowest BCUT2D eigenvalue weighted by Gasteiger charge is -2.18. The maximum atomic E-state index is 12.6. The van der Waals surface area contributed by atoms with Crippen molar-refractivity contribution >= 4 is 11.7 Å². The number of aliphatic hydroxyl groups is 2. The first-order chi connectivity index (χ1) is 8.62. The summed E-state index contributed by atoms with van der Waals surface area (Å²) in [5.41, 5.74) is 8.35. The maximum absolute atomic E-state index is 12.6. The Labute approximate surface area is 105 Å². The lowest BCUT2D eigenvalue weighted by atomic mass is 10.0. The van der Waals surface area contributed by atoms with Gasteiger partial charge < -0.3 is 21.7 Å². The Morgan fingerprint density at radius 1 is 1.42 bits per heavy atom. The number of pyridine rings is 1. The zero-order chi connectivity index (χ0) is 14.8. The molecule has 1 amide bonds. The summed E-state index contributed by atoms with van der Waals surface area (Å²) >= 11 is 0. The fourth-order valence-electron chi connectivity index (χ4n) is 1.42. The molecule has 1 aromatic rings. The zero-order valence-corrected chi connectivity index (χ0v) is 9.55. The Hall–Kier alpha value is -1.87. The number of aromatic nitrogens is 1. The summed E-state index contributed by atoms with van der Waals surface area (Å²) in [6.45, 7) is 0. The van der Waals surface area contributed by atoms with Crippen LogP contribution in [0.15, 0.2) is 12.3 Å². The maximum Gasteiger partial charge on any atom is 0.419 e. The zero-order valence-electron chi connectivity index (χ0n) is 9.55. The SMILES string of the molecule is NC(=O)CC(O)C(O)c1cnc(N)c(C(F)(F)F)c1. The third-order valence-electron chi connectivity index (χ3n) is 2.36. The van der Waals surface area contributed by atoms with E-state index in [1.807, 2.05) is 0 Å². The number of hydrogen-bond acceptors (Lipinski definition) is 5. The molecule has 6 nitrogen and oxygen atoms in total. The predicted molar refractivity (Wildman–Crippen MR) is 58.4 cm³/mol. The monoisotopic (exact) mass is 279 g/mol. The molecule has 0 aliphatic carbocycles. The topological polar surface area (TPSA) is 122 Å². The number of aliphatic hydroxyl groups excluding tert-OH is 2. The van der Waals surface area contributed by atoms with Crippen molar-refractivity contribution in [2.75, 3.05) is 5.73 Å². The second kappa shape index (κ2) is 5.41. The van der Waals surface area contributed by atoms with Gasteiger partial charge >= 0.3 is 6.18 Å². The van der Waals surface area contributed by atoms with Gasteiger partial charge in [0.25, 0.3) is 0 Å². The summed E-state index contributed by atoms with van der Waals surface area (Å²) in [5, 5.41) is 19.0. The van der Waals surface area contributed by atoms with Gasteiger partial charge in [-0.1, -0.05) is 0 Å². The number of carbonyl (C=O) groups excluding carboxylic acids is 1. The van der Waals surface area contributed by atoms with Crippen LogP contribution in [0.3, 0.4) is 0 Å². The molecule has 1 aromatic heterocycles. The van der Waals surface area contributed by atoms with Crippen molar-refractivity contribution in [2.24, 2.45) is 5.73 Å². The predicted octanol–water partition coefficient (Wildman–Crippen LogP) is -0.0477. The lowest BCUT2D eigenvalue weighted by molar-refractivity contribution is -0.137. The van der Waals surface area contributed by atoms with Gasteiger partial charge in [-0.3, -0.25) is 4.79 Å². The van der Waals surface area contributed by atoms with Crippen molar-refractivity contribution in [1.29, 1.82) is 0 Å².